The third-order valence-electron chi connectivity index (χ3n) is 11.2. The van der Waals surface area contributed by atoms with Gasteiger partial charge < -0.3 is 20.2 Å². The Morgan fingerprint density at radius 3 is 2.58 bits per heavy atom. The van der Waals surface area contributed by atoms with E-state index in [0.29, 0.717) is 30.5 Å². The standard InChI is InChI=1S/C28H45NO4/c1-15-10-25(32)26(29(5)14-15)16(2)20-7-6-18-19-12-24(31)23-11-17(30)8-9-27(23,3)21(19)13-22(18)28(20,4)33/h6,15-17,19-23,25-26,30,32-33H,7-14H2,1-5H3. The molecule has 12 atom stereocenters. The molecular formula is C28H45NO4. The minimum Gasteiger partial charge on any atom is -0.393 e. The average Bonchev–Trinajstić information content (AvgIpc) is 3.09. The van der Waals surface area contributed by atoms with Crippen molar-refractivity contribution < 1.29 is 20.1 Å². The van der Waals surface area contributed by atoms with E-state index in [1.807, 2.05) is 6.92 Å². The van der Waals surface area contributed by atoms with Crippen molar-refractivity contribution in [1.82, 2.24) is 4.90 Å². The van der Waals surface area contributed by atoms with Gasteiger partial charge in [-0.05, 0) is 87.5 Å². The summed E-state index contributed by atoms with van der Waals surface area (Å²) >= 11 is 0. The van der Waals surface area contributed by atoms with Crippen molar-refractivity contribution >= 4 is 5.78 Å². The number of carbonyl (C=O) groups excluding carboxylic acids is 1. The zero-order valence-electron chi connectivity index (χ0n) is 21.2. The van der Waals surface area contributed by atoms with Crippen molar-refractivity contribution in [1.29, 1.82) is 0 Å². The van der Waals surface area contributed by atoms with Crippen LogP contribution in [0, 0.1) is 46.8 Å². The highest BCUT2D eigenvalue weighted by Crippen LogP contribution is 2.65. The largest absolute Gasteiger partial charge is 0.393 e. The number of Topliss-reactive ketones (excluding diaryl/α,β-unsaturated/α-hetero) is 1. The predicted molar refractivity (Wildman–Crippen MR) is 128 cm³/mol. The van der Waals surface area contributed by atoms with Gasteiger partial charge in [-0.15, -0.1) is 0 Å². The fourth-order valence-electron chi connectivity index (χ4n) is 9.55. The molecule has 5 heteroatoms. The van der Waals surface area contributed by atoms with E-state index in [4.69, 9.17) is 0 Å². The Labute approximate surface area is 199 Å². The smallest absolute Gasteiger partial charge is 0.137 e. The summed E-state index contributed by atoms with van der Waals surface area (Å²) in [5, 5.41) is 33.3. The van der Waals surface area contributed by atoms with Crippen molar-refractivity contribution in [2.75, 3.05) is 13.6 Å². The van der Waals surface area contributed by atoms with Gasteiger partial charge in [0.1, 0.15) is 5.78 Å². The summed E-state index contributed by atoms with van der Waals surface area (Å²) in [6, 6.07) is 0.0691. The molecule has 3 N–H and O–H groups in total. The summed E-state index contributed by atoms with van der Waals surface area (Å²) in [5.41, 5.74) is 0.427. The lowest BCUT2D eigenvalue weighted by atomic mass is 9.52. The molecule has 0 spiro atoms. The first kappa shape index (κ1) is 24.0. The van der Waals surface area contributed by atoms with Crippen molar-refractivity contribution in [3.8, 4) is 0 Å². The van der Waals surface area contributed by atoms with Crippen LogP contribution >= 0.6 is 0 Å². The molecule has 33 heavy (non-hydrogen) atoms. The van der Waals surface area contributed by atoms with Crippen LogP contribution < -0.4 is 0 Å². The minimum absolute atomic E-state index is 0.0315. The van der Waals surface area contributed by atoms with Crippen molar-refractivity contribution in [2.24, 2.45) is 46.8 Å². The predicted octanol–water partition coefficient (Wildman–Crippen LogP) is 3.41. The lowest BCUT2D eigenvalue weighted by molar-refractivity contribution is -0.143. The number of fused-ring (bicyclic) bond motifs is 5. The molecule has 3 saturated carbocycles. The molecule has 0 radical (unpaired) electrons. The number of piperidine rings is 1. The van der Waals surface area contributed by atoms with E-state index < -0.39 is 5.60 Å². The van der Waals surface area contributed by atoms with Gasteiger partial charge in [0.05, 0.1) is 17.8 Å². The number of ketones is 1. The van der Waals surface area contributed by atoms with Crippen LogP contribution in [0.3, 0.4) is 0 Å². The molecule has 1 aliphatic heterocycles. The van der Waals surface area contributed by atoms with Gasteiger partial charge in [-0.3, -0.25) is 4.79 Å². The fraction of sp³-hybridized carbons (Fsp3) is 0.893. The number of aliphatic hydroxyl groups excluding tert-OH is 2. The quantitative estimate of drug-likeness (QED) is 0.552. The van der Waals surface area contributed by atoms with Crippen molar-refractivity contribution in [3.05, 3.63) is 11.6 Å². The second kappa shape index (κ2) is 8.15. The zero-order chi connectivity index (χ0) is 23.9. The van der Waals surface area contributed by atoms with E-state index in [9.17, 15) is 20.1 Å². The Kier molecular flexibility index (Phi) is 5.92. The topological polar surface area (TPSA) is 81.0 Å². The molecular weight excluding hydrogens is 414 g/mol. The summed E-state index contributed by atoms with van der Waals surface area (Å²) in [6.07, 6.45) is 7.16. The Balaban J connectivity index is 1.42. The number of likely N-dealkylation sites (N-methyl/N-ethyl adjacent to an activating group) is 1. The SMILES string of the molecule is CC1CC(O)C(C(C)C2CC=C3C4CC(=O)C5CC(O)CCC5(C)C4CC3C2(C)O)N(C)C1. The van der Waals surface area contributed by atoms with E-state index in [2.05, 4.69) is 38.8 Å². The first-order valence-electron chi connectivity index (χ1n) is 13.5. The molecule has 186 valence electrons. The Hall–Kier alpha value is -0.750. The third-order valence-corrected chi connectivity index (χ3v) is 11.2. The number of hydrogen-bond donors (Lipinski definition) is 3. The monoisotopic (exact) mass is 459 g/mol. The van der Waals surface area contributed by atoms with Gasteiger partial charge in [-0.1, -0.05) is 32.4 Å². The normalized spacial score (nSPS) is 53.6. The summed E-state index contributed by atoms with van der Waals surface area (Å²) in [4.78, 5) is 15.5. The second-order valence-corrected chi connectivity index (χ2v) is 13.1. The van der Waals surface area contributed by atoms with Gasteiger partial charge >= 0.3 is 0 Å². The zero-order valence-corrected chi connectivity index (χ0v) is 21.2. The van der Waals surface area contributed by atoms with Gasteiger partial charge in [-0.2, -0.15) is 0 Å². The molecule has 0 amide bonds. The van der Waals surface area contributed by atoms with Crippen LogP contribution in [0.25, 0.3) is 0 Å². The maximum atomic E-state index is 13.2. The van der Waals surface area contributed by atoms with Crippen LogP contribution in [0.5, 0.6) is 0 Å². The fourth-order valence-corrected chi connectivity index (χ4v) is 9.55. The van der Waals surface area contributed by atoms with Gasteiger partial charge in [-0.25, -0.2) is 0 Å². The Bertz CT molecular complexity index is 811. The average molecular weight is 460 g/mol. The summed E-state index contributed by atoms with van der Waals surface area (Å²) < 4.78 is 0. The highest BCUT2D eigenvalue weighted by Gasteiger charge is 2.62. The number of nitrogens with zero attached hydrogens (tertiary/aromatic N) is 1. The van der Waals surface area contributed by atoms with Crippen LogP contribution in [0.1, 0.15) is 72.6 Å². The third kappa shape index (κ3) is 3.59. The molecule has 0 aromatic heterocycles. The van der Waals surface area contributed by atoms with Crippen LogP contribution in [0.2, 0.25) is 0 Å². The maximum absolute atomic E-state index is 13.2. The highest BCUT2D eigenvalue weighted by molar-refractivity contribution is 5.84. The molecule has 12 unspecified atom stereocenters. The lowest BCUT2D eigenvalue weighted by Gasteiger charge is -2.52. The maximum Gasteiger partial charge on any atom is 0.137 e. The van der Waals surface area contributed by atoms with Crippen LogP contribution in [0.4, 0.5) is 0 Å². The van der Waals surface area contributed by atoms with Crippen LogP contribution in [-0.2, 0) is 4.79 Å². The molecule has 4 aliphatic carbocycles. The van der Waals surface area contributed by atoms with E-state index in [-0.39, 0.29) is 53.3 Å². The molecule has 5 aliphatic rings. The first-order chi connectivity index (χ1) is 15.4. The number of hydrogen-bond acceptors (Lipinski definition) is 5. The second-order valence-electron chi connectivity index (χ2n) is 13.1. The van der Waals surface area contributed by atoms with Crippen LogP contribution in [-0.4, -0.2) is 63.4 Å². The van der Waals surface area contributed by atoms with E-state index in [0.717, 1.165) is 38.6 Å². The van der Waals surface area contributed by atoms with E-state index >= 15 is 0 Å². The molecule has 1 heterocycles. The Morgan fingerprint density at radius 2 is 1.88 bits per heavy atom. The van der Waals surface area contributed by atoms with Gasteiger partial charge in [0.25, 0.3) is 0 Å². The molecule has 5 rings (SSSR count). The molecule has 0 bridgehead atoms. The number of aliphatic hydroxyl groups is 3. The summed E-state index contributed by atoms with van der Waals surface area (Å²) in [7, 11) is 2.12. The number of allylic oxidation sites excluding steroid dienone is 1. The Morgan fingerprint density at radius 1 is 1.15 bits per heavy atom. The summed E-state index contributed by atoms with van der Waals surface area (Å²) in [6.45, 7) is 9.74. The van der Waals surface area contributed by atoms with Gasteiger partial charge in [0, 0.05) is 30.8 Å². The number of rotatable bonds is 2. The van der Waals surface area contributed by atoms with Crippen molar-refractivity contribution in [3.63, 3.8) is 0 Å². The molecule has 1 saturated heterocycles. The minimum atomic E-state index is -0.840. The van der Waals surface area contributed by atoms with Crippen molar-refractivity contribution in [2.45, 2.75) is 96.5 Å². The molecule has 0 aromatic rings. The molecule has 5 nitrogen and oxygen atoms in total. The van der Waals surface area contributed by atoms with E-state index in [1.54, 1.807) is 0 Å². The highest BCUT2D eigenvalue weighted by atomic mass is 16.3. The van der Waals surface area contributed by atoms with E-state index in [1.165, 1.54) is 5.57 Å². The van der Waals surface area contributed by atoms with Gasteiger partial charge in [0.2, 0.25) is 0 Å². The lowest BCUT2D eigenvalue weighted by Crippen LogP contribution is -2.57. The summed E-state index contributed by atoms with van der Waals surface area (Å²) in [5.74, 6) is 1.82. The van der Waals surface area contributed by atoms with Crippen LogP contribution in [0.15, 0.2) is 11.6 Å². The van der Waals surface area contributed by atoms with Gasteiger partial charge in [0.15, 0.2) is 0 Å². The number of carbonyl (C=O) groups is 1. The first-order valence-corrected chi connectivity index (χ1v) is 13.5. The number of likely N-dealkylation sites (tertiary alicyclic amines) is 1. The molecule has 0 aromatic carbocycles. The molecule has 4 fully saturated rings.